The lowest BCUT2D eigenvalue weighted by atomic mass is 10.2. The molecule has 2 heterocycles. The van der Waals surface area contributed by atoms with E-state index in [-0.39, 0.29) is 0 Å². The number of hydrogen-bond acceptors (Lipinski definition) is 5. The van der Waals surface area contributed by atoms with Crippen LogP contribution in [0.15, 0.2) is 11.4 Å². The van der Waals surface area contributed by atoms with Gasteiger partial charge in [-0.05, 0) is 32.5 Å². The third-order valence-electron chi connectivity index (χ3n) is 3.29. The normalized spacial score (nSPS) is 11.8. The van der Waals surface area contributed by atoms with Gasteiger partial charge in [0.25, 0.3) is 0 Å². The molecular weight excluding hydrogens is 298 g/mol. The predicted molar refractivity (Wildman–Crippen MR) is 93.1 cm³/mol. The molecule has 3 nitrogen and oxygen atoms in total. The summed E-state index contributed by atoms with van der Waals surface area (Å²) < 4.78 is 0. The quantitative estimate of drug-likeness (QED) is 0.836. The van der Waals surface area contributed by atoms with E-state index in [2.05, 4.69) is 61.4 Å². The van der Waals surface area contributed by atoms with E-state index in [1.54, 1.807) is 11.3 Å². The topological polar surface area (TPSA) is 28.2 Å². The van der Waals surface area contributed by atoms with Gasteiger partial charge in [0.2, 0.25) is 0 Å². The molecule has 0 spiro atoms. The van der Waals surface area contributed by atoms with Crippen LogP contribution >= 0.6 is 22.7 Å². The van der Waals surface area contributed by atoms with Crippen LogP contribution in [0.2, 0.25) is 0 Å². The maximum Gasteiger partial charge on any atom is 0.0897 e. The van der Waals surface area contributed by atoms with Crippen molar-refractivity contribution in [2.45, 2.75) is 53.4 Å². The van der Waals surface area contributed by atoms with Crippen molar-refractivity contribution >= 4 is 22.7 Å². The zero-order valence-corrected chi connectivity index (χ0v) is 15.2. The Balaban J connectivity index is 1.92. The summed E-state index contributed by atoms with van der Waals surface area (Å²) in [6.07, 6.45) is 0. The smallest absolute Gasteiger partial charge is 0.0897 e. The molecule has 0 fully saturated rings. The first-order chi connectivity index (χ1) is 9.94. The molecule has 2 aromatic rings. The van der Waals surface area contributed by atoms with Gasteiger partial charge in [-0.15, -0.1) is 22.7 Å². The number of thiazole rings is 1. The van der Waals surface area contributed by atoms with Crippen LogP contribution < -0.4 is 5.32 Å². The number of nitrogens with one attached hydrogen (secondary N) is 1. The Morgan fingerprint density at radius 1 is 1.29 bits per heavy atom. The summed E-state index contributed by atoms with van der Waals surface area (Å²) in [5.74, 6) is 0. The SMILES string of the molecule is Cc1nc(CN(C)Cc2cc(CNC(C)C)sc2C)cs1. The van der Waals surface area contributed by atoms with E-state index in [9.17, 15) is 0 Å². The van der Waals surface area contributed by atoms with Gasteiger partial charge in [0, 0.05) is 40.8 Å². The van der Waals surface area contributed by atoms with Crippen LogP contribution in [0.1, 0.15) is 39.9 Å². The fourth-order valence-electron chi connectivity index (χ4n) is 2.24. The van der Waals surface area contributed by atoms with Crippen LogP contribution in [0, 0.1) is 13.8 Å². The molecular formula is C16H25N3S2. The van der Waals surface area contributed by atoms with E-state index in [0.717, 1.165) is 24.6 Å². The van der Waals surface area contributed by atoms with Crippen LogP contribution in [0.4, 0.5) is 0 Å². The molecule has 0 unspecified atom stereocenters. The number of hydrogen-bond donors (Lipinski definition) is 1. The van der Waals surface area contributed by atoms with Crippen molar-refractivity contribution in [1.29, 1.82) is 0 Å². The fraction of sp³-hybridized carbons (Fsp3) is 0.562. The van der Waals surface area contributed by atoms with Gasteiger partial charge in [-0.3, -0.25) is 4.90 Å². The number of aryl methyl sites for hydroxylation is 2. The predicted octanol–water partition coefficient (Wildman–Crippen LogP) is 3.95. The summed E-state index contributed by atoms with van der Waals surface area (Å²) in [6, 6.07) is 2.88. The van der Waals surface area contributed by atoms with Gasteiger partial charge in [0.15, 0.2) is 0 Å². The van der Waals surface area contributed by atoms with Gasteiger partial charge >= 0.3 is 0 Å². The van der Waals surface area contributed by atoms with Crippen molar-refractivity contribution in [2.24, 2.45) is 0 Å². The minimum absolute atomic E-state index is 0.534. The van der Waals surface area contributed by atoms with E-state index >= 15 is 0 Å². The molecule has 0 amide bonds. The van der Waals surface area contributed by atoms with Gasteiger partial charge in [0.1, 0.15) is 0 Å². The second-order valence-electron chi connectivity index (χ2n) is 5.86. The van der Waals surface area contributed by atoms with Crippen molar-refractivity contribution in [2.75, 3.05) is 7.05 Å². The number of nitrogens with zero attached hydrogens (tertiary/aromatic N) is 2. The monoisotopic (exact) mass is 323 g/mol. The van der Waals surface area contributed by atoms with Gasteiger partial charge in [-0.1, -0.05) is 13.8 Å². The van der Waals surface area contributed by atoms with Crippen LogP contribution in [0.25, 0.3) is 0 Å². The second kappa shape index (κ2) is 7.49. The van der Waals surface area contributed by atoms with Gasteiger partial charge < -0.3 is 5.32 Å². The van der Waals surface area contributed by atoms with E-state index in [0.29, 0.717) is 6.04 Å². The molecule has 0 saturated carbocycles. The van der Waals surface area contributed by atoms with Crippen molar-refractivity contribution in [3.05, 3.63) is 37.5 Å². The molecule has 2 aromatic heterocycles. The maximum absolute atomic E-state index is 4.54. The zero-order valence-electron chi connectivity index (χ0n) is 13.6. The van der Waals surface area contributed by atoms with E-state index in [4.69, 9.17) is 0 Å². The van der Waals surface area contributed by atoms with Crippen LogP contribution in [0.5, 0.6) is 0 Å². The van der Waals surface area contributed by atoms with Crippen molar-refractivity contribution < 1.29 is 0 Å². The van der Waals surface area contributed by atoms with Crippen LogP contribution in [-0.2, 0) is 19.6 Å². The molecule has 0 aliphatic carbocycles. The lowest BCUT2D eigenvalue weighted by Crippen LogP contribution is -2.21. The highest BCUT2D eigenvalue weighted by molar-refractivity contribution is 7.12. The summed E-state index contributed by atoms with van der Waals surface area (Å²) in [5.41, 5.74) is 2.62. The van der Waals surface area contributed by atoms with Gasteiger partial charge in [0.05, 0.1) is 10.7 Å². The summed E-state index contributed by atoms with van der Waals surface area (Å²) >= 11 is 3.63. The van der Waals surface area contributed by atoms with Crippen LogP contribution in [0.3, 0.4) is 0 Å². The molecule has 0 aromatic carbocycles. The molecule has 0 bridgehead atoms. The fourth-order valence-corrected chi connectivity index (χ4v) is 3.85. The third kappa shape index (κ3) is 5.18. The van der Waals surface area contributed by atoms with E-state index in [1.807, 2.05) is 11.3 Å². The van der Waals surface area contributed by atoms with E-state index < -0.39 is 0 Å². The maximum atomic E-state index is 4.54. The first kappa shape index (κ1) is 16.6. The second-order valence-corrected chi connectivity index (χ2v) is 8.26. The Labute approximate surface area is 136 Å². The number of thiophene rings is 1. The molecule has 116 valence electrons. The van der Waals surface area contributed by atoms with Crippen molar-refractivity contribution in [3.63, 3.8) is 0 Å². The number of aromatic nitrogens is 1. The average Bonchev–Trinajstić information content (AvgIpc) is 2.94. The minimum Gasteiger partial charge on any atom is -0.310 e. The molecule has 1 N–H and O–H groups in total. The van der Waals surface area contributed by atoms with Gasteiger partial charge in [-0.25, -0.2) is 4.98 Å². The standard InChI is InChI=1S/C16H25N3S2/c1-11(2)17-7-16-6-14(12(3)21-16)8-19(5)9-15-10-20-13(4)18-15/h6,10-11,17H,7-9H2,1-5H3. The highest BCUT2D eigenvalue weighted by Gasteiger charge is 2.10. The first-order valence-electron chi connectivity index (χ1n) is 7.35. The average molecular weight is 324 g/mol. The Kier molecular flexibility index (Phi) is 5.93. The molecule has 0 atom stereocenters. The van der Waals surface area contributed by atoms with E-state index in [1.165, 1.54) is 21.0 Å². The molecule has 0 aliphatic heterocycles. The third-order valence-corrected chi connectivity index (χ3v) is 5.21. The summed E-state index contributed by atoms with van der Waals surface area (Å²) in [5, 5.41) is 6.79. The first-order valence-corrected chi connectivity index (χ1v) is 9.04. The highest BCUT2D eigenvalue weighted by atomic mass is 32.1. The Bertz CT molecular complexity index is 572. The molecule has 0 radical (unpaired) electrons. The van der Waals surface area contributed by atoms with Crippen molar-refractivity contribution in [3.8, 4) is 0 Å². The lowest BCUT2D eigenvalue weighted by molar-refractivity contribution is 0.315. The molecule has 0 saturated heterocycles. The highest BCUT2D eigenvalue weighted by Crippen LogP contribution is 2.23. The molecule has 21 heavy (non-hydrogen) atoms. The molecule has 2 rings (SSSR count). The molecule has 0 aliphatic rings. The largest absolute Gasteiger partial charge is 0.310 e. The summed E-state index contributed by atoms with van der Waals surface area (Å²) in [4.78, 5) is 9.73. The van der Waals surface area contributed by atoms with Gasteiger partial charge in [-0.2, -0.15) is 0 Å². The Morgan fingerprint density at radius 2 is 2.05 bits per heavy atom. The lowest BCUT2D eigenvalue weighted by Gasteiger charge is -2.15. The summed E-state index contributed by atoms with van der Waals surface area (Å²) in [7, 11) is 2.16. The number of rotatable bonds is 7. The molecule has 5 heteroatoms. The Morgan fingerprint density at radius 3 is 2.67 bits per heavy atom. The Hall–Kier alpha value is -0.750. The zero-order chi connectivity index (χ0) is 15.4. The minimum atomic E-state index is 0.534. The van der Waals surface area contributed by atoms with Crippen molar-refractivity contribution in [1.82, 2.24) is 15.2 Å². The van der Waals surface area contributed by atoms with Crippen LogP contribution in [-0.4, -0.2) is 23.0 Å². The summed E-state index contributed by atoms with van der Waals surface area (Å²) in [6.45, 7) is 11.5.